The van der Waals surface area contributed by atoms with Gasteiger partial charge in [-0.05, 0) is 78.0 Å². The molecule has 14 nitrogen and oxygen atoms in total. The number of unbranched alkanes of at least 4 members (excludes halogenated alkanes) is 2. The van der Waals surface area contributed by atoms with Gasteiger partial charge < -0.3 is 9.84 Å². The summed E-state index contributed by atoms with van der Waals surface area (Å²) in [5.74, 6) is 0.912. The Hall–Kier alpha value is -5.44. The minimum absolute atomic E-state index is 0.0831. The first-order valence-electron chi connectivity index (χ1n) is 16.4. The van der Waals surface area contributed by atoms with Crippen molar-refractivity contribution in [2.24, 2.45) is 14.1 Å². The van der Waals surface area contributed by atoms with Crippen LogP contribution in [0.3, 0.4) is 0 Å². The van der Waals surface area contributed by atoms with E-state index in [1.807, 2.05) is 46.0 Å². The van der Waals surface area contributed by atoms with Gasteiger partial charge in [0.25, 0.3) is 11.1 Å². The van der Waals surface area contributed by atoms with E-state index in [-0.39, 0.29) is 33.7 Å². The molecule has 0 aliphatic rings. The number of fused-ring (bicyclic) bond motifs is 2. The van der Waals surface area contributed by atoms with Crippen LogP contribution in [0.4, 0.5) is 0 Å². The highest BCUT2D eigenvalue weighted by Crippen LogP contribution is 2.22. The molecule has 6 heterocycles. The molecule has 268 valence electrons. The maximum atomic E-state index is 12.7. The normalized spacial score (nSPS) is 10.7. The number of hydrogen-bond donors (Lipinski definition) is 1. The third kappa shape index (κ3) is 9.42. The first-order valence-corrected chi connectivity index (χ1v) is 17.2. The number of pyridine rings is 4. The number of hydrogen-bond acceptors (Lipinski definition) is 10. The lowest BCUT2D eigenvalue weighted by molar-refractivity contribution is 0.473. The molecule has 51 heavy (non-hydrogen) atoms. The van der Waals surface area contributed by atoms with E-state index >= 15 is 0 Å². The van der Waals surface area contributed by atoms with E-state index in [1.165, 1.54) is 42.3 Å². The Morgan fingerprint density at radius 1 is 0.667 bits per heavy atom. The summed E-state index contributed by atoms with van der Waals surface area (Å²) in [6, 6.07) is 6.83. The number of nitrogens with zero attached hydrogens (tertiary/aromatic N) is 8. The Morgan fingerprint density at radius 3 is 1.65 bits per heavy atom. The Bertz CT molecular complexity index is 2380. The highest BCUT2D eigenvalue weighted by Gasteiger charge is 2.14. The molecule has 0 saturated carbocycles. The third-order valence-electron chi connectivity index (χ3n) is 7.71. The molecule has 0 radical (unpaired) electrons. The molecule has 15 heteroatoms. The largest absolute Gasteiger partial charge is 0.506 e. The standard InChI is InChI=1S/C18H20N4O3.C12H15N3O3.C6H6BrN/c1-4-5-6-22-17(23)15-8-14(11-20-16(15)21(3)18(22)24)25-13-7-12(2)9-19-10-13;1-3-4-5-15-11(17)9-6-8(16)7-13-10(9)14(2)12(15)18;1-5-2-6(7)4-8-3-5/h7-11H,4-6H2,1-3H3;6-7,16H,3-5H2,1-2H3;2-4H,1H3. The molecule has 0 spiro atoms. The van der Waals surface area contributed by atoms with Crippen LogP contribution in [0.25, 0.3) is 22.1 Å². The molecule has 0 bridgehead atoms. The minimum Gasteiger partial charge on any atom is -0.506 e. The van der Waals surface area contributed by atoms with Gasteiger partial charge in [-0.3, -0.25) is 37.8 Å². The van der Waals surface area contributed by atoms with Gasteiger partial charge in [0.1, 0.15) is 28.5 Å². The van der Waals surface area contributed by atoms with Crippen molar-refractivity contribution in [2.75, 3.05) is 0 Å². The third-order valence-corrected chi connectivity index (χ3v) is 8.15. The maximum Gasteiger partial charge on any atom is 0.332 e. The Kier molecular flexibility index (Phi) is 13.1. The van der Waals surface area contributed by atoms with Crippen molar-refractivity contribution in [3.05, 3.63) is 119 Å². The lowest BCUT2D eigenvalue weighted by atomic mass is 10.3. The number of ether oxygens (including phenoxy) is 1. The fourth-order valence-corrected chi connectivity index (χ4v) is 5.54. The molecular formula is C36H41BrN8O6. The number of aryl methyl sites for hydroxylation is 4. The second-order valence-electron chi connectivity index (χ2n) is 11.9. The molecular weight excluding hydrogens is 720 g/mol. The summed E-state index contributed by atoms with van der Waals surface area (Å²) < 4.78 is 12.0. The first kappa shape index (κ1) is 38.4. The van der Waals surface area contributed by atoms with Crippen molar-refractivity contribution in [1.82, 2.24) is 38.2 Å². The summed E-state index contributed by atoms with van der Waals surface area (Å²) in [6.45, 7) is 8.71. The molecule has 0 aliphatic heterocycles. The van der Waals surface area contributed by atoms with Crippen LogP contribution in [0.2, 0.25) is 0 Å². The van der Waals surface area contributed by atoms with Crippen molar-refractivity contribution in [3.63, 3.8) is 0 Å². The lowest BCUT2D eigenvalue weighted by Crippen LogP contribution is -2.39. The maximum absolute atomic E-state index is 12.7. The van der Waals surface area contributed by atoms with Crippen molar-refractivity contribution in [2.45, 2.75) is 66.5 Å². The summed E-state index contributed by atoms with van der Waals surface area (Å²) in [5.41, 5.74) is 1.31. The van der Waals surface area contributed by atoms with Gasteiger partial charge in [-0.2, -0.15) is 0 Å². The Labute approximate surface area is 301 Å². The van der Waals surface area contributed by atoms with Gasteiger partial charge in [-0.1, -0.05) is 26.7 Å². The summed E-state index contributed by atoms with van der Waals surface area (Å²) in [6.07, 6.45) is 13.0. The van der Waals surface area contributed by atoms with Gasteiger partial charge in [0.05, 0.1) is 29.4 Å². The fraction of sp³-hybridized carbons (Fsp3) is 0.333. The quantitative estimate of drug-likeness (QED) is 0.219. The zero-order valence-corrected chi connectivity index (χ0v) is 31.0. The number of aromatic nitrogens is 8. The van der Waals surface area contributed by atoms with E-state index in [1.54, 1.807) is 38.8 Å². The summed E-state index contributed by atoms with van der Waals surface area (Å²) in [5, 5.41) is 10.00. The molecule has 0 aliphatic carbocycles. The van der Waals surface area contributed by atoms with Crippen molar-refractivity contribution in [3.8, 4) is 17.2 Å². The summed E-state index contributed by atoms with van der Waals surface area (Å²) in [4.78, 5) is 65.4. The van der Waals surface area contributed by atoms with Gasteiger partial charge >= 0.3 is 11.4 Å². The molecule has 0 unspecified atom stereocenters. The fourth-order valence-electron chi connectivity index (χ4n) is 5.06. The zero-order valence-electron chi connectivity index (χ0n) is 29.5. The van der Waals surface area contributed by atoms with E-state index < -0.39 is 5.56 Å². The van der Waals surface area contributed by atoms with Crippen molar-refractivity contribution in [1.29, 1.82) is 0 Å². The molecule has 0 atom stereocenters. The van der Waals surface area contributed by atoms with Crippen LogP contribution >= 0.6 is 15.9 Å². The smallest absolute Gasteiger partial charge is 0.332 e. The Morgan fingerprint density at radius 2 is 1.16 bits per heavy atom. The molecule has 6 aromatic heterocycles. The molecule has 6 aromatic rings. The van der Waals surface area contributed by atoms with Gasteiger partial charge in [0.15, 0.2) is 0 Å². The SMILES string of the molecule is CCCCn1c(=O)c2cc(O)cnc2n(C)c1=O.CCCCn1c(=O)c2cc(Oc3cncc(C)c3)cnc2n(C)c1=O.Cc1cncc(Br)c1. The van der Waals surface area contributed by atoms with Gasteiger partial charge in [-0.25, -0.2) is 19.6 Å². The van der Waals surface area contributed by atoms with Gasteiger partial charge in [0, 0.05) is 50.2 Å². The molecule has 6 rings (SSSR count). The topological polar surface area (TPSA) is 169 Å². The second kappa shape index (κ2) is 17.5. The average Bonchev–Trinajstić information content (AvgIpc) is 3.10. The van der Waals surface area contributed by atoms with Gasteiger partial charge in [0.2, 0.25) is 0 Å². The van der Waals surface area contributed by atoms with Crippen LogP contribution < -0.4 is 27.2 Å². The van der Waals surface area contributed by atoms with E-state index in [9.17, 15) is 24.3 Å². The molecule has 0 saturated heterocycles. The van der Waals surface area contributed by atoms with Crippen LogP contribution in [-0.4, -0.2) is 43.3 Å². The minimum atomic E-state index is -0.398. The van der Waals surface area contributed by atoms with Crippen LogP contribution in [0.5, 0.6) is 17.2 Å². The van der Waals surface area contributed by atoms with E-state index in [2.05, 4.69) is 35.9 Å². The predicted molar refractivity (Wildman–Crippen MR) is 200 cm³/mol. The highest BCUT2D eigenvalue weighted by atomic mass is 79.9. The summed E-state index contributed by atoms with van der Waals surface area (Å²) >= 11 is 3.30. The monoisotopic (exact) mass is 760 g/mol. The zero-order chi connectivity index (χ0) is 37.2. The predicted octanol–water partition coefficient (Wildman–Crippen LogP) is 5.14. The number of aromatic hydroxyl groups is 1. The summed E-state index contributed by atoms with van der Waals surface area (Å²) in [7, 11) is 3.18. The van der Waals surface area contributed by atoms with Crippen molar-refractivity contribution < 1.29 is 9.84 Å². The van der Waals surface area contributed by atoms with Crippen molar-refractivity contribution >= 4 is 38.0 Å². The van der Waals surface area contributed by atoms with Crippen LogP contribution in [-0.2, 0) is 27.2 Å². The Balaban J connectivity index is 0.000000194. The number of rotatable bonds is 8. The second-order valence-corrected chi connectivity index (χ2v) is 12.8. The highest BCUT2D eigenvalue weighted by molar-refractivity contribution is 9.10. The first-order chi connectivity index (χ1) is 24.4. The van der Waals surface area contributed by atoms with Crippen LogP contribution in [0.1, 0.15) is 50.7 Å². The molecule has 1 N–H and O–H groups in total. The van der Waals surface area contributed by atoms with Gasteiger partial charge in [-0.15, -0.1) is 0 Å². The van der Waals surface area contributed by atoms with Crippen LogP contribution in [0.15, 0.2) is 85.1 Å². The number of halogens is 1. The average molecular weight is 762 g/mol. The van der Waals surface area contributed by atoms with E-state index in [0.29, 0.717) is 35.6 Å². The lowest BCUT2D eigenvalue weighted by Gasteiger charge is -2.11. The molecule has 0 aromatic carbocycles. The van der Waals surface area contributed by atoms with E-state index in [0.717, 1.165) is 35.7 Å². The molecule has 0 fully saturated rings. The van der Waals surface area contributed by atoms with Crippen LogP contribution in [0, 0.1) is 13.8 Å². The molecule has 0 amide bonds. The van der Waals surface area contributed by atoms with E-state index in [4.69, 9.17) is 4.74 Å².